The van der Waals surface area contributed by atoms with E-state index in [0.717, 1.165) is 5.52 Å². The molecule has 0 saturated carbocycles. The molecule has 1 heterocycles. The first-order valence-electron chi connectivity index (χ1n) is 5.73. The van der Waals surface area contributed by atoms with Crippen LogP contribution in [0.3, 0.4) is 0 Å². The SMILES string of the molecule is O=C(Nc1ccccc1F)c1cccc2[nH]ncc12. The van der Waals surface area contributed by atoms with Gasteiger partial charge in [0.05, 0.1) is 23.0 Å². The summed E-state index contributed by atoms with van der Waals surface area (Å²) in [5.74, 6) is -0.827. The molecule has 19 heavy (non-hydrogen) atoms. The normalized spacial score (nSPS) is 10.6. The predicted octanol–water partition coefficient (Wildman–Crippen LogP) is 2.95. The number of aromatic nitrogens is 2. The number of H-pyrrole nitrogens is 1. The number of nitrogens with one attached hydrogen (secondary N) is 2. The van der Waals surface area contributed by atoms with Gasteiger partial charge in [0.1, 0.15) is 5.82 Å². The van der Waals surface area contributed by atoms with Gasteiger partial charge in [0.25, 0.3) is 5.91 Å². The van der Waals surface area contributed by atoms with Gasteiger partial charge in [-0.3, -0.25) is 9.89 Å². The number of hydrogen-bond donors (Lipinski definition) is 2. The van der Waals surface area contributed by atoms with Gasteiger partial charge in [-0.1, -0.05) is 18.2 Å². The van der Waals surface area contributed by atoms with Crippen molar-refractivity contribution in [1.29, 1.82) is 0 Å². The average molecular weight is 255 g/mol. The number of para-hydroxylation sites is 1. The van der Waals surface area contributed by atoms with Crippen LogP contribution in [0.5, 0.6) is 0 Å². The number of hydrogen-bond acceptors (Lipinski definition) is 2. The molecular weight excluding hydrogens is 245 g/mol. The molecule has 0 unspecified atom stereocenters. The van der Waals surface area contributed by atoms with Crippen LogP contribution in [0.4, 0.5) is 10.1 Å². The second-order valence-corrected chi connectivity index (χ2v) is 4.07. The van der Waals surface area contributed by atoms with Gasteiger partial charge < -0.3 is 5.32 Å². The molecule has 4 nitrogen and oxygen atoms in total. The Kier molecular flexibility index (Phi) is 2.72. The highest BCUT2D eigenvalue weighted by atomic mass is 19.1. The molecule has 0 fully saturated rings. The van der Waals surface area contributed by atoms with E-state index in [9.17, 15) is 9.18 Å². The van der Waals surface area contributed by atoms with E-state index in [4.69, 9.17) is 0 Å². The molecule has 3 aromatic rings. The minimum atomic E-state index is -0.463. The van der Waals surface area contributed by atoms with Crippen LogP contribution in [-0.2, 0) is 0 Å². The number of halogens is 1. The van der Waals surface area contributed by atoms with Crippen molar-refractivity contribution < 1.29 is 9.18 Å². The molecule has 0 aliphatic rings. The zero-order valence-corrected chi connectivity index (χ0v) is 9.85. The fourth-order valence-electron chi connectivity index (χ4n) is 1.92. The predicted molar refractivity (Wildman–Crippen MR) is 70.4 cm³/mol. The molecule has 2 aromatic carbocycles. The third-order valence-electron chi connectivity index (χ3n) is 2.85. The van der Waals surface area contributed by atoms with Crippen LogP contribution in [0.1, 0.15) is 10.4 Å². The largest absolute Gasteiger partial charge is 0.319 e. The lowest BCUT2D eigenvalue weighted by atomic mass is 10.1. The summed E-state index contributed by atoms with van der Waals surface area (Å²) in [6, 6.07) is 11.3. The van der Waals surface area contributed by atoms with Gasteiger partial charge in [-0.05, 0) is 24.3 Å². The molecule has 1 aromatic heterocycles. The van der Waals surface area contributed by atoms with Crippen LogP contribution in [0.25, 0.3) is 10.9 Å². The maximum Gasteiger partial charge on any atom is 0.256 e. The number of aromatic amines is 1. The Labute approximate surface area is 108 Å². The van der Waals surface area contributed by atoms with Crippen LogP contribution < -0.4 is 5.32 Å². The summed E-state index contributed by atoms with van der Waals surface area (Å²) in [5, 5.41) is 9.93. The fraction of sp³-hybridized carbons (Fsp3) is 0. The third kappa shape index (κ3) is 2.06. The first-order valence-corrected chi connectivity index (χ1v) is 5.73. The van der Waals surface area contributed by atoms with Crippen molar-refractivity contribution in [3.05, 3.63) is 60.0 Å². The zero-order valence-electron chi connectivity index (χ0n) is 9.85. The van der Waals surface area contributed by atoms with Gasteiger partial charge in [-0.2, -0.15) is 5.10 Å². The highest BCUT2D eigenvalue weighted by Crippen LogP contribution is 2.19. The van der Waals surface area contributed by atoms with E-state index in [1.54, 1.807) is 30.5 Å². The lowest BCUT2D eigenvalue weighted by molar-refractivity contribution is 0.102. The molecule has 0 spiro atoms. The second-order valence-electron chi connectivity index (χ2n) is 4.07. The summed E-state index contributed by atoms with van der Waals surface area (Å²) >= 11 is 0. The molecule has 3 rings (SSSR count). The van der Waals surface area contributed by atoms with E-state index in [2.05, 4.69) is 15.5 Å². The van der Waals surface area contributed by atoms with Gasteiger partial charge in [-0.15, -0.1) is 0 Å². The van der Waals surface area contributed by atoms with Crippen LogP contribution in [0, 0.1) is 5.82 Å². The van der Waals surface area contributed by atoms with Crippen molar-refractivity contribution in [2.45, 2.75) is 0 Å². The molecule has 0 atom stereocenters. The van der Waals surface area contributed by atoms with Crippen LogP contribution in [-0.4, -0.2) is 16.1 Å². The van der Waals surface area contributed by atoms with Crippen molar-refractivity contribution in [3.63, 3.8) is 0 Å². The van der Waals surface area contributed by atoms with Crippen molar-refractivity contribution in [2.24, 2.45) is 0 Å². The average Bonchev–Trinajstić information content (AvgIpc) is 2.89. The number of carbonyl (C=O) groups excluding carboxylic acids is 1. The quantitative estimate of drug-likeness (QED) is 0.739. The number of benzene rings is 2. The smallest absolute Gasteiger partial charge is 0.256 e. The zero-order chi connectivity index (χ0) is 13.2. The van der Waals surface area contributed by atoms with Crippen LogP contribution >= 0.6 is 0 Å². The van der Waals surface area contributed by atoms with E-state index >= 15 is 0 Å². The standard InChI is InChI=1S/C14H10FN3O/c15-11-5-1-2-6-13(11)17-14(19)9-4-3-7-12-10(9)8-16-18-12/h1-8H,(H,16,18)(H,17,19). The Morgan fingerprint density at radius 1 is 1.16 bits per heavy atom. The Morgan fingerprint density at radius 3 is 2.84 bits per heavy atom. The number of rotatable bonds is 2. The van der Waals surface area contributed by atoms with Gasteiger partial charge >= 0.3 is 0 Å². The maximum atomic E-state index is 13.5. The lowest BCUT2D eigenvalue weighted by Crippen LogP contribution is -2.13. The number of carbonyl (C=O) groups is 1. The highest BCUT2D eigenvalue weighted by molar-refractivity contribution is 6.12. The highest BCUT2D eigenvalue weighted by Gasteiger charge is 2.12. The number of fused-ring (bicyclic) bond motifs is 1. The van der Waals surface area contributed by atoms with Crippen molar-refractivity contribution in [3.8, 4) is 0 Å². The van der Waals surface area contributed by atoms with E-state index in [0.29, 0.717) is 10.9 Å². The third-order valence-corrected chi connectivity index (χ3v) is 2.85. The topological polar surface area (TPSA) is 57.8 Å². The molecular formula is C14H10FN3O. The molecule has 5 heteroatoms. The number of anilines is 1. The Balaban J connectivity index is 1.97. The summed E-state index contributed by atoms with van der Waals surface area (Å²) in [4.78, 5) is 12.2. The van der Waals surface area contributed by atoms with Crippen LogP contribution in [0.15, 0.2) is 48.7 Å². The molecule has 2 N–H and O–H groups in total. The summed E-state index contributed by atoms with van der Waals surface area (Å²) in [6.07, 6.45) is 1.57. The minimum Gasteiger partial charge on any atom is -0.319 e. The van der Waals surface area contributed by atoms with E-state index in [-0.39, 0.29) is 11.6 Å². The molecule has 0 aliphatic heterocycles. The lowest BCUT2D eigenvalue weighted by Gasteiger charge is -2.06. The maximum absolute atomic E-state index is 13.5. The van der Waals surface area contributed by atoms with Crippen molar-refractivity contribution in [1.82, 2.24) is 10.2 Å². The fourth-order valence-corrected chi connectivity index (χ4v) is 1.92. The monoisotopic (exact) mass is 255 g/mol. The van der Waals surface area contributed by atoms with Gasteiger partial charge in [-0.25, -0.2) is 4.39 Å². The van der Waals surface area contributed by atoms with E-state index in [1.165, 1.54) is 12.1 Å². The number of amides is 1. The molecule has 0 bridgehead atoms. The van der Waals surface area contributed by atoms with Crippen LogP contribution in [0.2, 0.25) is 0 Å². The molecule has 1 amide bonds. The Morgan fingerprint density at radius 2 is 2.00 bits per heavy atom. The molecule has 0 radical (unpaired) electrons. The van der Waals surface area contributed by atoms with Gasteiger partial charge in [0, 0.05) is 5.39 Å². The Bertz CT molecular complexity index is 751. The van der Waals surface area contributed by atoms with Gasteiger partial charge in [0.2, 0.25) is 0 Å². The summed E-state index contributed by atoms with van der Waals surface area (Å²) in [7, 11) is 0. The summed E-state index contributed by atoms with van der Waals surface area (Å²) in [5.41, 5.74) is 1.38. The first kappa shape index (κ1) is 11.4. The van der Waals surface area contributed by atoms with Crippen molar-refractivity contribution >= 4 is 22.5 Å². The van der Waals surface area contributed by atoms with E-state index in [1.807, 2.05) is 6.07 Å². The minimum absolute atomic E-state index is 0.160. The van der Waals surface area contributed by atoms with Gasteiger partial charge in [0.15, 0.2) is 0 Å². The molecule has 0 saturated heterocycles. The second kappa shape index (κ2) is 4.53. The Hall–Kier alpha value is -2.69. The van der Waals surface area contributed by atoms with Crippen molar-refractivity contribution in [2.75, 3.05) is 5.32 Å². The van der Waals surface area contributed by atoms with E-state index < -0.39 is 5.82 Å². The molecule has 0 aliphatic carbocycles. The molecule has 94 valence electrons. The summed E-state index contributed by atoms with van der Waals surface area (Å²) < 4.78 is 13.5. The summed E-state index contributed by atoms with van der Waals surface area (Å²) in [6.45, 7) is 0. The first-order chi connectivity index (χ1) is 9.25. The number of nitrogens with zero attached hydrogens (tertiary/aromatic N) is 1.